The minimum absolute atomic E-state index is 0.325. The van der Waals surface area contributed by atoms with E-state index < -0.39 is 0 Å². The summed E-state index contributed by atoms with van der Waals surface area (Å²) in [6, 6.07) is 0. The Morgan fingerprint density at radius 1 is 1.44 bits per heavy atom. The van der Waals surface area contributed by atoms with Crippen molar-refractivity contribution >= 4 is 29.0 Å². The first-order chi connectivity index (χ1) is 8.52. The molecule has 2 aromatic rings. The first kappa shape index (κ1) is 13.4. The van der Waals surface area contributed by atoms with Gasteiger partial charge in [0.25, 0.3) is 0 Å². The van der Waals surface area contributed by atoms with Crippen LogP contribution < -0.4 is 5.73 Å². The lowest BCUT2D eigenvalue weighted by molar-refractivity contribution is 0.671. The van der Waals surface area contributed by atoms with Crippen molar-refractivity contribution in [2.24, 2.45) is 7.05 Å². The summed E-state index contributed by atoms with van der Waals surface area (Å²) in [4.78, 5) is 4.43. The first-order valence-corrected chi connectivity index (χ1v) is 7.44. The van der Waals surface area contributed by atoms with Crippen LogP contribution in [-0.4, -0.2) is 19.1 Å². The van der Waals surface area contributed by atoms with E-state index in [9.17, 15) is 0 Å². The molecule has 7 heteroatoms. The van der Waals surface area contributed by atoms with Gasteiger partial charge in [-0.15, -0.1) is 0 Å². The molecule has 2 N–H and O–H groups in total. The highest BCUT2D eigenvalue weighted by molar-refractivity contribution is 8.01. The number of nitrogens with zero attached hydrogens (tertiary/aromatic N) is 4. The highest BCUT2D eigenvalue weighted by Crippen LogP contribution is 2.36. The molecule has 18 heavy (non-hydrogen) atoms. The second-order valence-corrected chi connectivity index (χ2v) is 6.30. The molecule has 0 aliphatic rings. The van der Waals surface area contributed by atoms with E-state index in [1.54, 1.807) is 0 Å². The van der Waals surface area contributed by atoms with Crippen molar-refractivity contribution in [1.29, 1.82) is 0 Å². The van der Waals surface area contributed by atoms with E-state index in [4.69, 9.17) is 5.73 Å². The van der Waals surface area contributed by atoms with Crippen molar-refractivity contribution in [1.82, 2.24) is 19.1 Å². The molecule has 0 atom stereocenters. The van der Waals surface area contributed by atoms with Gasteiger partial charge < -0.3 is 5.73 Å². The van der Waals surface area contributed by atoms with E-state index in [0.29, 0.717) is 5.92 Å². The van der Waals surface area contributed by atoms with Gasteiger partial charge in [0.1, 0.15) is 10.9 Å². The molecule has 0 saturated heterocycles. The summed E-state index contributed by atoms with van der Waals surface area (Å²) in [5.41, 5.74) is 7.84. The van der Waals surface area contributed by atoms with Crippen molar-refractivity contribution in [2.75, 3.05) is 5.73 Å². The molecule has 0 fully saturated rings. The Kier molecular flexibility index (Phi) is 3.91. The molecule has 0 spiro atoms. The van der Waals surface area contributed by atoms with Gasteiger partial charge in [-0.3, -0.25) is 4.68 Å². The predicted molar refractivity (Wildman–Crippen MR) is 75.1 cm³/mol. The van der Waals surface area contributed by atoms with Crippen molar-refractivity contribution in [3.63, 3.8) is 0 Å². The minimum Gasteiger partial charge on any atom is -0.395 e. The standard InChI is InChI=1S/C11H17N5S2/c1-5-7-13-11(18-15-7)17-10-8(12)9(6(2)3)14-16(10)4/h6H,5,12H2,1-4H3. The predicted octanol–water partition coefficient (Wildman–Crippen LogP) is 2.69. The van der Waals surface area contributed by atoms with E-state index in [2.05, 4.69) is 28.3 Å². The minimum atomic E-state index is 0.325. The van der Waals surface area contributed by atoms with Gasteiger partial charge >= 0.3 is 0 Å². The van der Waals surface area contributed by atoms with Gasteiger partial charge in [-0.2, -0.15) is 9.47 Å². The normalized spacial score (nSPS) is 11.4. The molecule has 0 aromatic carbocycles. The number of rotatable bonds is 4. The molecule has 2 rings (SSSR count). The van der Waals surface area contributed by atoms with Gasteiger partial charge in [-0.1, -0.05) is 20.8 Å². The zero-order valence-corrected chi connectivity index (χ0v) is 12.6. The Morgan fingerprint density at radius 2 is 2.17 bits per heavy atom. The van der Waals surface area contributed by atoms with E-state index >= 15 is 0 Å². The van der Waals surface area contributed by atoms with Gasteiger partial charge in [0.05, 0.1) is 11.4 Å². The fourth-order valence-electron chi connectivity index (χ4n) is 1.60. The summed E-state index contributed by atoms with van der Waals surface area (Å²) in [5.74, 6) is 1.21. The zero-order chi connectivity index (χ0) is 13.3. The quantitative estimate of drug-likeness (QED) is 0.934. The third kappa shape index (κ3) is 2.51. The summed E-state index contributed by atoms with van der Waals surface area (Å²) < 4.78 is 7.01. The topological polar surface area (TPSA) is 69.6 Å². The fourth-order valence-corrected chi connectivity index (χ4v) is 3.30. The SMILES string of the molecule is CCc1nsc(Sc2c(N)c(C(C)C)nn2C)n1. The highest BCUT2D eigenvalue weighted by atomic mass is 32.2. The summed E-state index contributed by atoms with van der Waals surface area (Å²) >= 11 is 2.94. The van der Waals surface area contributed by atoms with E-state index in [1.807, 2.05) is 18.7 Å². The Bertz CT molecular complexity index is 544. The fraction of sp³-hybridized carbons (Fsp3) is 0.545. The summed E-state index contributed by atoms with van der Waals surface area (Å²) in [6.07, 6.45) is 0.856. The average molecular weight is 283 g/mol. The maximum Gasteiger partial charge on any atom is 0.176 e. The van der Waals surface area contributed by atoms with Crippen LogP contribution in [0.1, 0.15) is 38.2 Å². The molecule has 5 nitrogen and oxygen atoms in total. The third-order valence-corrected chi connectivity index (χ3v) is 4.52. The number of anilines is 1. The van der Waals surface area contributed by atoms with Crippen LogP contribution in [0.4, 0.5) is 5.69 Å². The third-order valence-electron chi connectivity index (χ3n) is 2.55. The number of hydrogen-bond donors (Lipinski definition) is 1. The molecular formula is C11H17N5S2. The van der Waals surface area contributed by atoms with Gasteiger partial charge in [-0.05, 0) is 29.2 Å². The molecular weight excluding hydrogens is 266 g/mol. The molecule has 98 valence electrons. The molecule has 2 aromatic heterocycles. The lowest BCUT2D eigenvalue weighted by Gasteiger charge is -2.01. The molecule has 0 bridgehead atoms. The monoisotopic (exact) mass is 283 g/mol. The molecule has 0 unspecified atom stereocenters. The van der Waals surface area contributed by atoms with Crippen LogP contribution in [0.2, 0.25) is 0 Å². The Balaban J connectivity index is 2.28. The average Bonchev–Trinajstić information content (AvgIpc) is 2.88. The number of aromatic nitrogens is 4. The van der Waals surface area contributed by atoms with Crippen molar-refractivity contribution in [3.05, 3.63) is 11.5 Å². The lowest BCUT2D eigenvalue weighted by Crippen LogP contribution is -1.94. The Hall–Kier alpha value is -1.08. The molecule has 0 saturated carbocycles. The van der Waals surface area contributed by atoms with Gasteiger partial charge in [0.15, 0.2) is 4.34 Å². The van der Waals surface area contributed by atoms with Crippen LogP contribution in [-0.2, 0) is 13.5 Å². The Labute approximate surface area is 115 Å². The van der Waals surface area contributed by atoms with Gasteiger partial charge in [0.2, 0.25) is 0 Å². The van der Waals surface area contributed by atoms with Crippen LogP contribution in [0.15, 0.2) is 9.37 Å². The summed E-state index contributed by atoms with van der Waals surface area (Å²) in [5, 5.41) is 5.40. The maximum atomic E-state index is 6.14. The molecule has 0 radical (unpaired) electrons. The first-order valence-electron chi connectivity index (χ1n) is 5.85. The summed E-state index contributed by atoms with van der Waals surface area (Å²) in [6.45, 7) is 6.23. The number of hydrogen-bond acceptors (Lipinski definition) is 6. The van der Waals surface area contributed by atoms with Gasteiger partial charge in [0, 0.05) is 13.5 Å². The molecule has 0 aliphatic heterocycles. The number of nitrogen functional groups attached to an aromatic ring is 1. The second kappa shape index (κ2) is 5.27. The van der Waals surface area contributed by atoms with Gasteiger partial charge in [-0.25, -0.2) is 4.98 Å². The van der Waals surface area contributed by atoms with Crippen LogP contribution >= 0.6 is 23.3 Å². The van der Waals surface area contributed by atoms with Crippen molar-refractivity contribution in [2.45, 2.75) is 42.5 Å². The summed E-state index contributed by atoms with van der Waals surface area (Å²) in [7, 11) is 1.91. The van der Waals surface area contributed by atoms with Crippen LogP contribution in [0.5, 0.6) is 0 Å². The maximum absolute atomic E-state index is 6.14. The van der Waals surface area contributed by atoms with Crippen LogP contribution in [0, 0.1) is 0 Å². The van der Waals surface area contributed by atoms with Crippen molar-refractivity contribution < 1.29 is 0 Å². The molecule has 2 heterocycles. The molecule has 0 aliphatic carbocycles. The smallest absolute Gasteiger partial charge is 0.176 e. The zero-order valence-electron chi connectivity index (χ0n) is 11.0. The largest absolute Gasteiger partial charge is 0.395 e. The number of aryl methyl sites for hydroxylation is 2. The van der Waals surface area contributed by atoms with Crippen LogP contribution in [0.3, 0.4) is 0 Å². The van der Waals surface area contributed by atoms with Crippen molar-refractivity contribution in [3.8, 4) is 0 Å². The number of nitrogens with two attached hydrogens (primary N) is 1. The van der Waals surface area contributed by atoms with E-state index in [0.717, 1.165) is 33.0 Å². The van der Waals surface area contributed by atoms with E-state index in [-0.39, 0.29) is 0 Å². The van der Waals surface area contributed by atoms with E-state index in [1.165, 1.54) is 23.3 Å². The van der Waals surface area contributed by atoms with Crippen LogP contribution in [0.25, 0.3) is 0 Å². The molecule has 0 amide bonds. The second-order valence-electron chi connectivity index (χ2n) is 4.31. The lowest BCUT2D eigenvalue weighted by atomic mass is 10.1. The Morgan fingerprint density at radius 3 is 2.67 bits per heavy atom. The highest BCUT2D eigenvalue weighted by Gasteiger charge is 2.18.